The summed E-state index contributed by atoms with van der Waals surface area (Å²) in [6.07, 6.45) is 0. The summed E-state index contributed by atoms with van der Waals surface area (Å²) < 4.78 is 4.91. The molecule has 4 nitrogen and oxygen atoms in total. The molecule has 1 aromatic rings. The van der Waals surface area contributed by atoms with Gasteiger partial charge in [0.1, 0.15) is 3.70 Å². The molecule has 1 heterocycles. The van der Waals surface area contributed by atoms with Gasteiger partial charge in [0.15, 0.2) is 0 Å². The Morgan fingerprint density at radius 3 is 2.78 bits per heavy atom. The van der Waals surface area contributed by atoms with Gasteiger partial charge in [0.2, 0.25) is 5.76 Å². The van der Waals surface area contributed by atoms with E-state index in [0.717, 1.165) is 0 Å². The molecular weight excluding hydrogens is 237 g/mol. The number of carbonyl (C=O) groups is 1. The van der Waals surface area contributed by atoms with Gasteiger partial charge in [-0.2, -0.15) is 0 Å². The standard InChI is InChI=1S/C4H2INO3/c5-3-1-2(4(7)8)9-6-3/h1H,(H,7,8). The summed E-state index contributed by atoms with van der Waals surface area (Å²) in [6, 6.07) is 1.35. The van der Waals surface area contributed by atoms with Crippen molar-refractivity contribution in [1.29, 1.82) is 0 Å². The van der Waals surface area contributed by atoms with Crippen molar-refractivity contribution in [2.45, 2.75) is 0 Å². The van der Waals surface area contributed by atoms with E-state index in [2.05, 4.69) is 9.68 Å². The average molecular weight is 239 g/mol. The average Bonchev–Trinajstić information content (AvgIpc) is 2.14. The predicted molar refractivity (Wildman–Crippen MR) is 36.2 cm³/mol. The van der Waals surface area contributed by atoms with Crippen molar-refractivity contribution in [3.8, 4) is 0 Å². The van der Waals surface area contributed by atoms with E-state index in [1.807, 2.05) is 22.6 Å². The summed E-state index contributed by atoms with van der Waals surface area (Å²) >= 11 is 1.87. The van der Waals surface area contributed by atoms with E-state index in [0.29, 0.717) is 3.70 Å². The van der Waals surface area contributed by atoms with Crippen molar-refractivity contribution in [3.05, 3.63) is 15.5 Å². The Labute approximate surface area is 64.0 Å². The molecule has 0 atom stereocenters. The molecule has 5 heteroatoms. The first-order chi connectivity index (χ1) is 4.20. The van der Waals surface area contributed by atoms with E-state index >= 15 is 0 Å². The lowest BCUT2D eigenvalue weighted by Crippen LogP contribution is -1.91. The second-order valence-electron chi connectivity index (χ2n) is 1.32. The molecule has 0 fully saturated rings. The van der Waals surface area contributed by atoms with Crippen LogP contribution in [-0.2, 0) is 0 Å². The highest BCUT2D eigenvalue weighted by Gasteiger charge is 2.07. The highest BCUT2D eigenvalue weighted by Crippen LogP contribution is 2.04. The fraction of sp³-hybridized carbons (Fsp3) is 0. The maximum absolute atomic E-state index is 10.1. The van der Waals surface area contributed by atoms with Crippen LogP contribution < -0.4 is 0 Å². The maximum Gasteiger partial charge on any atom is 0.374 e. The molecule has 1 rings (SSSR count). The molecule has 0 saturated carbocycles. The molecule has 0 bridgehead atoms. The van der Waals surface area contributed by atoms with Gasteiger partial charge in [-0.3, -0.25) is 0 Å². The number of halogens is 1. The molecule has 0 amide bonds. The van der Waals surface area contributed by atoms with Crippen LogP contribution in [0.25, 0.3) is 0 Å². The van der Waals surface area contributed by atoms with E-state index in [1.165, 1.54) is 6.07 Å². The van der Waals surface area contributed by atoms with Gasteiger partial charge < -0.3 is 9.63 Å². The van der Waals surface area contributed by atoms with E-state index in [4.69, 9.17) is 5.11 Å². The summed E-state index contributed by atoms with van der Waals surface area (Å²) in [4.78, 5) is 10.1. The quantitative estimate of drug-likeness (QED) is 0.741. The molecule has 0 unspecified atom stereocenters. The van der Waals surface area contributed by atoms with Crippen LogP contribution in [-0.4, -0.2) is 16.2 Å². The Balaban J connectivity index is 2.98. The van der Waals surface area contributed by atoms with E-state index in [9.17, 15) is 4.79 Å². The van der Waals surface area contributed by atoms with Crippen LogP contribution in [0, 0.1) is 3.70 Å². The minimum absolute atomic E-state index is 0.126. The molecule has 1 N–H and O–H groups in total. The summed E-state index contributed by atoms with van der Waals surface area (Å²) in [5, 5.41) is 11.6. The third-order valence-electron chi connectivity index (χ3n) is 0.692. The lowest BCUT2D eigenvalue weighted by atomic mass is 10.5. The van der Waals surface area contributed by atoms with E-state index < -0.39 is 5.97 Å². The van der Waals surface area contributed by atoms with Crippen LogP contribution in [0.2, 0.25) is 0 Å². The van der Waals surface area contributed by atoms with Crippen LogP contribution in [0.1, 0.15) is 10.6 Å². The molecule has 0 spiro atoms. The summed E-state index contributed by atoms with van der Waals surface area (Å²) in [7, 11) is 0. The molecule has 0 saturated heterocycles. The maximum atomic E-state index is 10.1. The molecule has 0 aliphatic heterocycles. The van der Waals surface area contributed by atoms with Crippen molar-refractivity contribution in [3.63, 3.8) is 0 Å². The van der Waals surface area contributed by atoms with Crippen molar-refractivity contribution in [1.82, 2.24) is 5.16 Å². The van der Waals surface area contributed by atoms with Crippen LogP contribution in [0.5, 0.6) is 0 Å². The highest BCUT2D eigenvalue weighted by atomic mass is 127. The number of nitrogens with zero attached hydrogens (tertiary/aromatic N) is 1. The predicted octanol–water partition coefficient (Wildman–Crippen LogP) is 0.977. The molecule has 1 aromatic heterocycles. The second kappa shape index (κ2) is 2.34. The number of carboxylic acids is 1. The number of hydrogen-bond donors (Lipinski definition) is 1. The van der Waals surface area contributed by atoms with Crippen molar-refractivity contribution in [2.24, 2.45) is 0 Å². The molecule has 0 radical (unpaired) electrons. The summed E-state index contributed by atoms with van der Waals surface area (Å²) in [5.41, 5.74) is 0. The minimum atomic E-state index is -1.09. The Bertz CT molecular complexity index is 231. The van der Waals surface area contributed by atoms with Crippen molar-refractivity contribution in [2.75, 3.05) is 0 Å². The van der Waals surface area contributed by atoms with Crippen molar-refractivity contribution >= 4 is 28.6 Å². The Morgan fingerprint density at radius 2 is 2.56 bits per heavy atom. The zero-order valence-corrected chi connectivity index (χ0v) is 6.32. The highest BCUT2D eigenvalue weighted by molar-refractivity contribution is 14.1. The van der Waals surface area contributed by atoms with Crippen LogP contribution >= 0.6 is 22.6 Å². The summed E-state index contributed by atoms with van der Waals surface area (Å²) in [5.74, 6) is -1.22. The number of carboxylic acid groups (broad SMARTS) is 1. The number of hydrogen-bond acceptors (Lipinski definition) is 3. The lowest BCUT2D eigenvalue weighted by Gasteiger charge is -1.76. The lowest BCUT2D eigenvalue weighted by molar-refractivity contribution is 0.0652. The second-order valence-corrected chi connectivity index (χ2v) is 2.42. The molecule has 48 valence electrons. The Morgan fingerprint density at radius 1 is 1.89 bits per heavy atom. The van der Waals surface area contributed by atoms with E-state index in [1.54, 1.807) is 0 Å². The zero-order chi connectivity index (χ0) is 6.85. The number of rotatable bonds is 1. The van der Waals surface area contributed by atoms with Gasteiger partial charge in [-0.15, -0.1) is 0 Å². The molecule has 9 heavy (non-hydrogen) atoms. The van der Waals surface area contributed by atoms with Gasteiger partial charge in [-0.1, -0.05) is 5.16 Å². The monoisotopic (exact) mass is 239 g/mol. The molecule has 0 aromatic carbocycles. The van der Waals surface area contributed by atoms with E-state index in [-0.39, 0.29) is 5.76 Å². The fourth-order valence-electron chi connectivity index (χ4n) is 0.354. The van der Waals surface area contributed by atoms with Gasteiger partial charge in [-0.05, 0) is 22.6 Å². The third kappa shape index (κ3) is 1.41. The Hall–Kier alpha value is -0.590. The molecule has 0 aliphatic rings. The van der Waals surface area contributed by atoms with Gasteiger partial charge in [-0.25, -0.2) is 4.79 Å². The van der Waals surface area contributed by atoms with Gasteiger partial charge in [0.25, 0.3) is 0 Å². The third-order valence-corrected chi connectivity index (χ3v) is 1.20. The van der Waals surface area contributed by atoms with Gasteiger partial charge in [0.05, 0.1) is 0 Å². The Kier molecular flexibility index (Phi) is 1.70. The first-order valence-corrected chi connectivity index (χ1v) is 3.13. The molecule has 0 aliphatic carbocycles. The minimum Gasteiger partial charge on any atom is -0.475 e. The SMILES string of the molecule is O=C(O)c1cc(I)no1. The van der Waals surface area contributed by atoms with Crippen molar-refractivity contribution < 1.29 is 14.4 Å². The smallest absolute Gasteiger partial charge is 0.374 e. The fourth-order valence-corrected chi connectivity index (χ4v) is 0.736. The molecular formula is C4H2INO3. The number of aromatic nitrogens is 1. The largest absolute Gasteiger partial charge is 0.475 e. The first-order valence-electron chi connectivity index (χ1n) is 2.05. The topological polar surface area (TPSA) is 63.3 Å². The normalized spacial score (nSPS) is 9.44. The van der Waals surface area contributed by atoms with Crippen LogP contribution in [0.4, 0.5) is 0 Å². The zero-order valence-electron chi connectivity index (χ0n) is 4.17. The number of aromatic carboxylic acids is 1. The van der Waals surface area contributed by atoms with Gasteiger partial charge >= 0.3 is 5.97 Å². The first kappa shape index (κ1) is 6.53. The van der Waals surface area contributed by atoms with Crippen LogP contribution in [0.15, 0.2) is 10.6 Å². The van der Waals surface area contributed by atoms with Crippen LogP contribution in [0.3, 0.4) is 0 Å². The summed E-state index contributed by atoms with van der Waals surface area (Å²) in [6.45, 7) is 0. The van der Waals surface area contributed by atoms with Gasteiger partial charge in [0, 0.05) is 6.07 Å².